The SMILES string of the molecule is CC1(Cc2ccccc2Br)NCCc2[nH]cnc21. The van der Waals surface area contributed by atoms with Crippen molar-refractivity contribution in [2.24, 2.45) is 0 Å². The van der Waals surface area contributed by atoms with Gasteiger partial charge in [-0.25, -0.2) is 4.98 Å². The van der Waals surface area contributed by atoms with Crippen LogP contribution >= 0.6 is 15.9 Å². The van der Waals surface area contributed by atoms with E-state index in [2.05, 4.69) is 56.3 Å². The Morgan fingerprint density at radius 2 is 2.22 bits per heavy atom. The van der Waals surface area contributed by atoms with Gasteiger partial charge in [0.25, 0.3) is 0 Å². The Kier molecular flexibility index (Phi) is 2.99. The fraction of sp³-hybridized carbons (Fsp3) is 0.357. The number of nitrogens with zero attached hydrogens (tertiary/aromatic N) is 1. The second-order valence-corrected chi connectivity index (χ2v) is 5.86. The van der Waals surface area contributed by atoms with Crippen LogP contribution in [-0.2, 0) is 18.4 Å². The van der Waals surface area contributed by atoms with Crippen molar-refractivity contribution in [1.82, 2.24) is 15.3 Å². The molecule has 18 heavy (non-hydrogen) atoms. The van der Waals surface area contributed by atoms with Crippen molar-refractivity contribution in [1.29, 1.82) is 0 Å². The lowest BCUT2D eigenvalue weighted by molar-refractivity contribution is 0.334. The minimum atomic E-state index is -0.0859. The number of hydrogen-bond donors (Lipinski definition) is 2. The van der Waals surface area contributed by atoms with Crippen molar-refractivity contribution in [2.75, 3.05) is 6.54 Å². The fourth-order valence-corrected chi connectivity index (χ4v) is 3.13. The van der Waals surface area contributed by atoms with Crippen LogP contribution in [0.3, 0.4) is 0 Å². The first-order valence-electron chi connectivity index (χ1n) is 6.20. The number of H-pyrrole nitrogens is 1. The molecule has 1 atom stereocenters. The molecule has 0 fully saturated rings. The van der Waals surface area contributed by atoms with Crippen molar-refractivity contribution in [3.63, 3.8) is 0 Å². The van der Waals surface area contributed by atoms with E-state index < -0.39 is 0 Å². The van der Waals surface area contributed by atoms with Crippen LogP contribution in [0.15, 0.2) is 35.1 Å². The van der Waals surface area contributed by atoms with Crippen LogP contribution < -0.4 is 5.32 Å². The number of aromatic nitrogens is 2. The first-order valence-corrected chi connectivity index (χ1v) is 6.99. The lowest BCUT2D eigenvalue weighted by Gasteiger charge is -2.34. The number of imidazole rings is 1. The van der Waals surface area contributed by atoms with Gasteiger partial charge < -0.3 is 10.3 Å². The van der Waals surface area contributed by atoms with Crippen molar-refractivity contribution in [3.05, 3.63) is 52.0 Å². The second-order valence-electron chi connectivity index (χ2n) is 5.01. The summed E-state index contributed by atoms with van der Waals surface area (Å²) in [5, 5.41) is 3.61. The number of benzene rings is 1. The van der Waals surface area contributed by atoms with Gasteiger partial charge in [0.15, 0.2) is 0 Å². The molecule has 3 rings (SSSR count). The van der Waals surface area contributed by atoms with Gasteiger partial charge in [-0.3, -0.25) is 0 Å². The number of aromatic amines is 1. The molecule has 1 aliphatic heterocycles. The highest BCUT2D eigenvalue weighted by molar-refractivity contribution is 9.10. The Balaban J connectivity index is 1.96. The molecule has 0 spiro atoms. The predicted octanol–water partition coefficient (Wildman–Crippen LogP) is 2.78. The van der Waals surface area contributed by atoms with Crippen LogP contribution in [0.2, 0.25) is 0 Å². The summed E-state index contributed by atoms with van der Waals surface area (Å²) in [6.07, 6.45) is 3.77. The summed E-state index contributed by atoms with van der Waals surface area (Å²) in [4.78, 5) is 7.75. The summed E-state index contributed by atoms with van der Waals surface area (Å²) in [5.41, 5.74) is 3.65. The quantitative estimate of drug-likeness (QED) is 0.896. The molecule has 0 bridgehead atoms. The number of rotatable bonds is 2. The predicted molar refractivity (Wildman–Crippen MR) is 75.5 cm³/mol. The van der Waals surface area contributed by atoms with Crippen LogP contribution in [0.5, 0.6) is 0 Å². The highest BCUT2D eigenvalue weighted by atomic mass is 79.9. The average Bonchev–Trinajstić information content (AvgIpc) is 2.82. The van der Waals surface area contributed by atoms with E-state index in [1.54, 1.807) is 6.33 Å². The zero-order valence-electron chi connectivity index (χ0n) is 10.3. The molecular weight excluding hydrogens is 290 g/mol. The first kappa shape index (κ1) is 11.9. The number of hydrogen-bond acceptors (Lipinski definition) is 2. The van der Waals surface area contributed by atoms with E-state index in [0.717, 1.165) is 29.6 Å². The summed E-state index contributed by atoms with van der Waals surface area (Å²) < 4.78 is 1.16. The van der Waals surface area contributed by atoms with Gasteiger partial charge >= 0.3 is 0 Å². The Morgan fingerprint density at radius 1 is 1.39 bits per heavy atom. The van der Waals surface area contributed by atoms with Crippen LogP contribution in [0, 0.1) is 0 Å². The minimum absolute atomic E-state index is 0.0859. The highest BCUT2D eigenvalue weighted by Crippen LogP contribution is 2.31. The highest BCUT2D eigenvalue weighted by Gasteiger charge is 2.34. The zero-order chi connectivity index (χ0) is 12.6. The number of halogens is 1. The van der Waals surface area contributed by atoms with Gasteiger partial charge in [0.05, 0.1) is 17.6 Å². The van der Waals surface area contributed by atoms with Gasteiger partial charge in [-0.2, -0.15) is 0 Å². The average molecular weight is 306 g/mol. The maximum absolute atomic E-state index is 4.50. The molecule has 1 aliphatic rings. The van der Waals surface area contributed by atoms with E-state index in [0.29, 0.717) is 0 Å². The normalized spacial score (nSPS) is 22.8. The third kappa shape index (κ3) is 1.99. The molecular formula is C14H16BrN3. The standard InChI is InChI=1S/C14H16BrN3/c1-14(8-10-4-2-3-5-11(10)15)13-12(6-7-18-14)16-9-17-13/h2-5,9,18H,6-8H2,1H3,(H,16,17). The first-order chi connectivity index (χ1) is 8.69. The molecule has 0 amide bonds. The van der Waals surface area contributed by atoms with Gasteiger partial charge in [0, 0.05) is 23.1 Å². The van der Waals surface area contributed by atoms with Gasteiger partial charge in [-0.05, 0) is 25.0 Å². The molecule has 0 saturated carbocycles. The second kappa shape index (κ2) is 4.52. The third-order valence-electron chi connectivity index (χ3n) is 3.63. The molecule has 0 radical (unpaired) electrons. The molecule has 0 aliphatic carbocycles. The maximum atomic E-state index is 4.50. The Bertz CT molecular complexity index is 564. The van der Waals surface area contributed by atoms with Crippen LogP contribution in [-0.4, -0.2) is 16.5 Å². The molecule has 2 N–H and O–H groups in total. The molecule has 94 valence electrons. The van der Waals surface area contributed by atoms with Crippen LogP contribution in [0.1, 0.15) is 23.9 Å². The number of fused-ring (bicyclic) bond motifs is 1. The topological polar surface area (TPSA) is 40.7 Å². The van der Waals surface area contributed by atoms with E-state index >= 15 is 0 Å². The molecule has 3 nitrogen and oxygen atoms in total. The van der Waals surface area contributed by atoms with Crippen molar-refractivity contribution in [2.45, 2.75) is 25.3 Å². The summed E-state index contributed by atoms with van der Waals surface area (Å²) in [7, 11) is 0. The molecule has 2 aromatic rings. The summed E-state index contributed by atoms with van der Waals surface area (Å²) in [6.45, 7) is 3.22. The maximum Gasteiger partial charge on any atom is 0.0926 e. The molecule has 4 heteroatoms. The van der Waals surface area contributed by atoms with Crippen LogP contribution in [0.25, 0.3) is 0 Å². The van der Waals surface area contributed by atoms with Crippen molar-refractivity contribution in [3.8, 4) is 0 Å². The Labute approximate surface area is 115 Å². The van der Waals surface area contributed by atoms with E-state index in [1.807, 2.05) is 6.07 Å². The lowest BCUT2D eigenvalue weighted by Crippen LogP contribution is -2.46. The van der Waals surface area contributed by atoms with E-state index in [4.69, 9.17) is 0 Å². The lowest BCUT2D eigenvalue weighted by atomic mass is 9.85. The monoisotopic (exact) mass is 305 g/mol. The smallest absolute Gasteiger partial charge is 0.0926 e. The summed E-state index contributed by atoms with van der Waals surface area (Å²) >= 11 is 3.62. The van der Waals surface area contributed by atoms with Gasteiger partial charge in [-0.15, -0.1) is 0 Å². The number of nitrogens with one attached hydrogen (secondary N) is 2. The molecule has 1 aromatic heterocycles. The molecule has 1 unspecified atom stereocenters. The minimum Gasteiger partial charge on any atom is -0.348 e. The van der Waals surface area contributed by atoms with E-state index in [1.165, 1.54) is 11.3 Å². The fourth-order valence-electron chi connectivity index (χ4n) is 2.70. The Morgan fingerprint density at radius 3 is 3.06 bits per heavy atom. The summed E-state index contributed by atoms with van der Waals surface area (Å²) in [5.74, 6) is 0. The van der Waals surface area contributed by atoms with Crippen LogP contribution in [0.4, 0.5) is 0 Å². The molecule has 2 heterocycles. The van der Waals surface area contributed by atoms with Crippen molar-refractivity contribution < 1.29 is 0 Å². The summed E-state index contributed by atoms with van der Waals surface area (Å²) in [6, 6.07) is 8.38. The van der Waals surface area contributed by atoms with Crippen molar-refractivity contribution >= 4 is 15.9 Å². The third-order valence-corrected chi connectivity index (χ3v) is 4.41. The van der Waals surface area contributed by atoms with Gasteiger partial charge in [-0.1, -0.05) is 34.1 Å². The van der Waals surface area contributed by atoms with Gasteiger partial charge in [0.1, 0.15) is 0 Å². The molecule has 1 aromatic carbocycles. The zero-order valence-corrected chi connectivity index (χ0v) is 11.9. The largest absolute Gasteiger partial charge is 0.348 e. The van der Waals surface area contributed by atoms with E-state index in [9.17, 15) is 0 Å². The molecule has 0 saturated heterocycles. The van der Waals surface area contributed by atoms with Gasteiger partial charge in [0.2, 0.25) is 0 Å². The van der Waals surface area contributed by atoms with E-state index in [-0.39, 0.29) is 5.54 Å². The Hall–Kier alpha value is -1.13.